The smallest absolute Gasteiger partial charge is 0.228 e. The molecule has 1 heterocycles. The first kappa shape index (κ1) is 12.4. The molecule has 3 heteroatoms. The fourth-order valence-corrected chi connectivity index (χ4v) is 1.50. The number of carbonyl (C=O) groups is 1. The number of hydrogen-bond donors (Lipinski definition) is 0. The third-order valence-corrected chi connectivity index (χ3v) is 2.53. The summed E-state index contributed by atoms with van der Waals surface area (Å²) < 4.78 is 0. The number of carbonyl (C=O) groups excluding carboxylic acids is 1. The van der Waals surface area contributed by atoms with E-state index >= 15 is 0 Å². The van der Waals surface area contributed by atoms with Gasteiger partial charge in [-0.15, -0.1) is 0 Å². The van der Waals surface area contributed by atoms with E-state index in [0.29, 0.717) is 6.42 Å². The summed E-state index contributed by atoms with van der Waals surface area (Å²) in [5.74, 6) is 0.129. The highest BCUT2D eigenvalue weighted by atomic mass is 16.2. The molecule has 3 nitrogen and oxygen atoms in total. The second-order valence-electron chi connectivity index (χ2n) is 3.53. The van der Waals surface area contributed by atoms with Crippen LogP contribution in [0.2, 0.25) is 0 Å². The van der Waals surface area contributed by atoms with E-state index in [1.807, 2.05) is 30.9 Å². The Bertz CT molecular complexity index is 353. The van der Waals surface area contributed by atoms with Crippen molar-refractivity contribution in [3.05, 3.63) is 36.2 Å². The van der Waals surface area contributed by atoms with Gasteiger partial charge in [-0.05, 0) is 25.5 Å². The molecule has 0 saturated carbocycles. The molecular weight excluding hydrogens is 200 g/mol. The highest BCUT2D eigenvalue weighted by Gasteiger charge is 2.10. The average molecular weight is 218 g/mol. The van der Waals surface area contributed by atoms with Crippen molar-refractivity contribution in [3.63, 3.8) is 0 Å². The summed E-state index contributed by atoms with van der Waals surface area (Å²) in [6.07, 6.45) is 3.85. The lowest BCUT2D eigenvalue weighted by Gasteiger charge is -2.18. The Kier molecular flexibility index (Phi) is 4.70. The Morgan fingerprint density at radius 2 is 2.12 bits per heavy atom. The molecule has 0 aromatic carbocycles. The molecule has 0 bridgehead atoms. The van der Waals surface area contributed by atoms with E-state index in [-0.39, 0.29) is 5.91 Å². The van der Waals surface area contributed by atoms with Crippen LogP contribution in [0.1, 0.15) is 25.1 Å². The third kappa shape index (κ3) is 3.19. The molecule has 1 aromatic heterocycles. The molecule has 0 aliphatic carbocycles. The lowest BCUT2D eigenvalue weighted by Crippen LogP contribution is -2.31. The molecule has 1 rings (SSSR count). The number of amides is 1. The van der Waals surface area contributed by atoms with Gasteiger partial charge in [0.2, 0.25) is 5.91 Å². The monoisotopic (exact) mass is 218 g/mol. The van der Waals surface area contributed by atoms with Gasteiger partial charge in [-0.1, -0.05) is 18.7 Å². The number of hydrogen-bond acceptors (Lipinski definition) is 2. The molecule has 0 spiro atoms. The van der Waals surface area contributed by atoms with Crippen LogP contribution in [0.3, 0.4) is 0 Å². The Balaban J connectivity index is 2.65. The molecular formula is C13H18N2O. The van der Waals surface area contributed by atoms with E-state index in [4.69, 9.17) is 0 Å². The summed E-state index contributed by atoms with van der Waals surface area (Å²) in [6, 6.07) is 3.79. The molecule has 1 amide bonds. The minimum absolute atomic E-state index is 0.129. The van der Waals surface area contributed by atoms with Crippen molar-refractivity contribution in [2.75, 3.05) is 13.1 Å². The Hall–Kier alpha value is -1.64. The van der Waals surface area contributed by atoms with Gasteiger partial charge in [-0.2, -0.15) is 0 Å². The number of nitrogens with zero attached hydrogens (tertiary/aromatic N) is 2. The van der Waals surface area contributed by atoms with Crippen molar-refractivity contribution < 1.29 is 4.79 Å². The molecule has 0 radical (unpaired) electrons. The van der Waals surface area contributed by atoms with Crippen LogP contribution >= 0.6 is 0 Å². The van der Waals surface area contributed by atoms with Gasteiger partial charge in [0.15, 0.2) is 0 Å². The topological polar surface area (TPSA) is 33.2 Å². The average Bonchev–Trinajstić information content (AvgIpc) is 2.31. The van der Waals surface area contributed by atoms with E-state index in [9.17, 15) is 4.79 Å². The quantitative estimate of drug-likeness (QED) is 0.758. The number of rotatable bonds is 5. The van der Waals surface area contributed by atoms with Crippen LogP contribution in [0.25, 0.3) is 6.08 Å². The van der Waals surface area contributed by atoms with E-state index in [1.165, 1.54) is 0 Å². The van der Waals surface area contributed by atoms with Crippen LogP contribution in [-0.2, 0) is 11.2 Å². The fraction of sp³-hybridized carbons (Fsp3) is 0.385. The highest BCUT2D eigenvalue weighted by molar-refractivity contribution is 5.78. The molecule has 86 valence electrons. The Morgan fingerprint density at radius 3 is 2.56 bits per heavy atom. The van der Waals surface area contributed by atoms with Crippen LogP contribution < -0.4 is 0 Å². The largest absolute Gasteiger partial charge is 0.343 e. The summed E-state index contributed by atoms with van der Waals surface area (Å²) >= 11 is 0. The van der Waals surface area contributed by atoms with Crippen molar-refractivity contribution in [2.24, 2.45) is 0 Å². The standard InChI is InChI=1S/C13H18N2O/c1-4-11-7-8-12(14-10-11)9-13(16)15(5-2)6-3/h4,7-8,10H,1,5-6,9H2,2-3H3. The second-order valence-corrected chi connectivity index (χ2v) is 3.53. The predicted molar refractivity (Wildman–Crippen MR) is 66.0 cm³/mol. The second kappa shape index (κ2) is 6.05. The van der Waals surface area contributed by atoms with Crippen molar-refractivity contribution in [2.45, 2.75) is 20.3 Å². The maximum atomic E-state index is 11.8. The van der Waals surface area contributed by atoms with Gasteiger partial charge in [-0.25, -0.2) is 0 Å². The molecule has 0 atom stereocenters. The van der Waals surface area contributed by atoms with Crippen molar-refractivity contribution in [1.82, 2.24) is 9.88 Å². The maximum Gasteiger partial charge on any atom is 0.228 e. The Labute approximate surface area is 96.8 Å². The van der Waals surface area contributed by atoms with Gasteiger partial charge >= 0.3 is 0 Å². The molecule has 0 aliphatic heterocycles. The lowest BCUT2D eigenvalue weighted by atomic mass is 10.2. The summed E-state index contributed by atoms with van der Waals surface area (Å²) in [4.78, 5) is 17.8. The van der Waals surface area contributed by atoms with Crippen LogP contribution in [0.5, 0.6) is 0 Å². The van der Waals surface area contributed by atoms with Gasteiger partial charge < -0.3 is 4.90 Å². The molecule has 16 heavy (non-hydrogen) atoms. The van der Waals surface area contributed by atoms with Gasteiger partial charge in [-0.3, -0.25) is 9.78 Å². The third-order valence-electron chi connectivity index (χ3n) is 2.53. The number of pyridine rings is 1. The van der Waals surface area contributed by atoms with Crippen molar-refractivity contribution >= 4 is 12.0 Å². The molecule has 0 saturated heterocycles. The zero-order valence-electron chi connectivity index (χ0n) is 9.94. The first-order chi connectivity index (χ1) is 7.71. The van der Waals surface area contributed by atoms with E-state index in [1.54, 1.807) is 12.3 Å². The SMILES string of the molecule is C=Cc1ccc(CC(=O)N(CC)CC)nc1. The summed E-state index contributed by atoms with van der Waals surface area (Å²) in [5, 5.41) is 0. The fourth-order valence-electron chi connectivity index (χ4n) is 1.50. The maximum absolute atomic E-state index is 11.8. The van der Waals surface area contributed by atoms with Crippen molar-refractivity contribution in [3.8, 4) is 0 Å². The van der Waals surface area contributed by atoms with E-state index in [0.717, 1.165) is 24.3 Å². The molecule has 0 unspecified atom stereocenters. The minimum atomic E-state index is 0.129. The molecule has 0 aliphatic rings. The van der Waals surface area contributed by atoms with Gasteiger partial charge in [0, 0.05) is 25.0 Å². The number of aromatic nitrogens is 1. The van der Waals surface area contributed by atoms with Crippen molar-refractivity contribution in [1.29, 1.82) is 0 Å². The normalized spacial score (nSPS) is 9.88. The lowest BCUT2D eigenvalue weighted by molar-refractivity contribution is -0.130. The first-order valence-electron chi connectivity index (χ1n) is 5.56. The Morgan fingerprint density at radius 1 is 1.44 bits per heavy atom. The summed E-state index contributed by atoms with van der Waals surface area (Å²) in [5.41, 5.74) is 1.78. The highest BCUT2D eigenvalue weighted by Crippen LogP contribution is 2.04. The van der Waals surface area contributed by atoms with Crippen LogP contribution in [0.4, 0.5) is 0 Å². The zero-order chi connectivity index (χ0) is 12.0. The van der Waals surface area contributed by atoms with Crippen LogP contribution in [0, 0.1) is 0 Å². The van der Waals surface area contributed by atoms with Gasteiger partial charge in [0.05, 0.1) is 6.42 Å². The van der Waals surface area contributed by atoms with Crippen LogP contribution in [0.15, 0.2) is 24.9 Å². The van der Waals surface area contributed by atoms with E-state index < -0.39 is 0 Å². The molecule has 0 N–H and O–H groups in total. The summed E-state index contributed by atoms with van der Waals surface area (Å²) in [7, 11) is 0. The zero-order valence-corrected chi connectivity index (χ0v) is 9.94. The minimum Gasteiger partial charge on any atom is -0.343 e. The van der Waals surface area contributed by atoms with Gasteiger partial charge in [0.25, 0.3) is 0 Å². The first-order valence-corrected chi connectivity index (χ1v) is 5.56. The molecule has 1 aromatic rings. The van der Waals surface area contributed by atoms with Crippen LogP contribution in [-0.4, -0.2) is 28.9 Å². The summed E-state index contributed by atoms with van der Waals surface area (Å²) in [6.45, 7) is 9.12. The van der Waals surface area contributed by atoms with E-state index in [2.05, 4.69) is 11.6 Å². The number of likely N-dealkylation sites (N-methyl/N-ethyl adjacent to an activating group) is 1. The predicted octanol–water partition coefficient (Wildman–Crippen LogP) is 2.14. The van der Waals surface area contributed by atoms with Gasteiger partial charge in [0.1, 0.15) is 0 Å². The molecule has 0 fully saturated rings.